The Kier molecular flexibility index (Phi) is 5.98. The fraction of sp³-hybridized carbons (Fsp3) is 0.611. The van der Waals surface area contributed by atoms with Crippen molar-refractivity contribution in [2.24, 2.45) is 0 Å². The Balaban J connectivity index is 2.08. The minimum absolute atomic E-state index is 0.0871. The van der Waals surface area contributed by atoms with Gasteiger partial charge in [-0.05, 0) is 49.5 Å². The standard InChI is InChI=1S/C18H28N2O2/c1-4-9-19(10-5-2)13-18(22)16-6-7-17-15(12-16)8-11-20(17)14(3)21/h6-7,12,18,22H,4-5,8-11,13H2,1-3H3. The number of amides is 1. The minimum Gasteiger partial charge on any atom is -0.387 e. The predicted octanol–water partition coefficient (Wildman–Crippen LogP) is 2.75. The summed E-state index contributed by atoms with van der Waals surface area (Å²) in [7, 11) is 0. The second kappa shape index (κ2) is 7.75. The van der Waals surface area contributed by atoms with Crippen LogP contribution in [0.5, 0.6) is 0 Å². The van der Waals surface area contributed by atoms with Crippen LogP contribution in [0.2, 0.25) is 0 Å². The molecule has 0 saturated carbocycles. The van der Waals surface area contributed by atoms with Crippen molar-refractivity contribution in [3.63, 3.8) is 0 Å². The third kappa shape index (κ3) is 3.87. The Morgan fingerprint density at radius 3 is 2.59 bits per heavy atom. The number of rotatable bonds is 7. The molecule has 1 aliphatic heterocycles. The first-order valence-electron chi connectivity index (χ1n) is 8.38. The number of nitrogens with zero attached hydrogens (tertiary/aromatic N) is 2. The number of aliphatic hydroxyl groups excluding tert-OH is 1. The van der Waals surface area contributed by atoms with Gasteiger partial charge < -0.3 is 14.9 Å². The summed E-state index contributed by atoms with van der Waals surface area (Å²) in [6.45, 7) is 9.41. The monoisotopic (exact) mass is 304 g/mol. The topological polar surface area (TPSA) is 43.8 Å². The summed E-state index contributed by atoms with van der Waals surface area (Å²) in [5.74, 6) is 0.0871. The van der Waals surface area contributed by atoms with Crippen molar-refractivity contribution in [2.75, 3.05) is 31.1 Å². The van der Waals surface area contributed by atoms with E-state index < -0.39 is 6.10 Å². The maximum absolute atomic E-state index is 11.6. The number of anilines is 1. The minimum atomic E-state index is -0.463. The SMILES string of the molecule is CCCN(CCC)CC(O)c1ccc2c(c1)CCN2C(C)=O. The molecule has 0 spiro atoms. The molecule has 22 heavy (non-hydrogen) atoms. The van der Waals surface area contributed by atoms with Gasteiger partial charge >= 0.3 is 0 Å². The van der Waals surface area contributed by atoms with E-state index >= 15 is 0 Å². The van der Waals surface area contributed by atoms with Crippen LogP contribution >= 0.6 is 0 Å². The molecule has 0 bridgehead atoms. The zero-order valence-electron chi connectivity index (χ0n) is 14.0. The molecule has 1 aromatic carbocycles. The molecule has 122 valence electrons. The Hall–Kier alpha value is -1.39. The molecule has 4 nitrogen and oxygen atoms in total. The van der Waals surface area contributed by atoms with Gasteiger partial charge in [-0.25, -0.2) is 0 Å². The molecule has 0 aliphatic carbocycles. The first-order chi connectivity index (χ1) is 10.6. The smallest absolute Gasteiger partial charge is 0.223 e. The lowest BCUT2D eigenvalue weighted by Crippen LogP contribution is -2.30. The van der Waals surface area contributed by atoms with Gasteiger partial charge in [0.1, 0.15) is 0 Å². The average molecular weight is 304 g/mol. The third-order valence-corrected chi connectivity index (χ3v) is 4.27. The summed E-state index contributed by atoms with van der Waals surface area (Å²) >= 11 is 0. The fourth-order valence-corrected chi connectivity index (χ4v) is 3.23. The van der Waals surface area contributed by atoms with E-state index in [9.17, 15) is 9.90 Å². The second-order valence-corrected chi connectivity index (χ2v) is 6.13. The first-order valence-corrected chi connectivity index (χ1v) is 8.38. The van der Waals surface area contributed by atoms with E-state index in [-0.39, 0.29) is 5.91 Å². The van der Waals surface area contributed by atoms with Crippen LogP contribution in [0.4, 0.5) is 5.69 Å². The maximum atomic E-state index is 11.6. The molecule has 0 saturated heterocycles. The molecule has 1 atom stereocenters. The highest BCUT2D eigenvalue weighted by molar-refractivity contribution is 5.93. The summed E-state index contributed by atoms with van der Waals surface area (Å²) in [5, 5.41) is 10.5. The van der Waals surface area contributed by atoms with Gasteiger partial charge in [0.05, 0.1) is 6.10 Å². The number of aliphatic hydroxyl groups is 1. The second-order valence-electron chi connectivity index (χ2n) is 6.13. The number of hydrogen-bond donors (Lipinski definition) is 1. The van der Waals surface area contributed by atoms with Crippen LogP contribution in [-0.4, -0.2) is 42.1 Å². The van der Waals surface area contributed by atoms with Crippen molar-refractivity contribution in [3.05, 3.63) is 29.3 Å². The molecule has 1 N–H and O–H groups in total. The normalized spacial score (nSPS) is 15.2. The van der Waals surface area contributed by atoms with Gasteiger partial charge in [-0.2, -0.15) is 0 Å². The Morgan fingerprint density at radius 2 is 2.00 bits per heavy atom. The van der Waals surface area contributed by atoms with E-state index in [0.717, 1.165) is 50.1 Å². The average Bonchev–Trinajstić information content (AvgIpc) is 2.90. The number of benzene rings is 1. The van der Waals surface area contributed by atoms with Crippen LogP contribution in [0.25, 0.3) is 0 Å². The number of fused-ring (bicyclic) bond motifs is 1. The molecule has 0 fully saturated rings. The molecule has 0 radical (unpaired) electrons. The van der Waals surface area contributed by atoms with Crippen LogP contribution in [0.3, 0.4) is 0 Å². The van der Waals surface area contributed by atoms with Crippen molar-refractivity contribution in [3.8, 4) is 0 Å². The molecule has 1 heterocycles. The largest absolute Gasteiger partial charge is 0.387 e. The molecule has 4 heteroatoms. The van der Waals surface area contributed by atoms with E-state index in [1.165, 1.54) is 5.56 Å². The van der Waals surface area contributed by atoms with E-state index in [1.54, 1.807) is 6.92 Å². The first kappa shape index (κ1) is 17.0. The Morgan fingerprint density at radius 1 is 1.32 bits per heavy atom. The van der Waals surface area contributed by atoms with Crippen LogP contribution < -0.4 is 4.90 Å². The van der Waals surface area contributed by atoms with Crippen molar-refractivity contribution < 1.29 is 9.90 Å². The maximum Gasteiger partial charge on any atom is 0.223 e. The van der Waals surface area contributed by atoms with Crippen LogP contribution in [0, 0.1) is 0 Å². The number of carbonyl (C=O) groups excluding carboxylic acids is 1. The van der Waals surface area contributed by atoms with Crippen molar-refractivity contribution >= 4 is 11.6 Å². The number of carbonyl (C=O) groups is 1. The molecular formula is C18H28N2O2. The van der Waals surface area contributed by atoms with Gasteiger partial charge in [0.25, 0.3) is 0 Å². The predicted molar refractivity (Wildman–Crippen MR) is 90.2 cm³/mol. The summed E-state index contributed by atoms with van der Waals surface area (Å²) in [4.78, 5) is 15.7. The zero-order chi connectivity index (χ0) is 16.1. The van der Waals surface area contributed by atoms with Gasteiger partial charge in [0.15, 0.2) is 0 Å². The Bertz CT molecular complexity index is 510. The van der Waals surface area contributed by atoms with Gasteiger partial charge in [0.2, 0.25) is 5.91 Å². The molecular weight excluding hydrogens is 276 g/mol. The number of hydrogen-bond acceptors (Lipinski definition) is 3. The van der Waals surface area contributed by atoms with Crippen LogP contribution in [0.15, 0.2) is 18.2 Å². The highest BCUT2D eigenvalue weighted by atomic mass is 16.3. The molecule has 1 aliphatic rings. The van der Waals surface area contributed by atoms with E-state index in [1.807, 2.05) is 17.0 Å². The quantitative estimate of drug-likeness (QED) is 0.842. The molecule has 1 unspecified atom stereocenters. The van der Waals surface area contributed by atoms with Gasteiger partial charge in [0, 0.05) is 25.7 Å². The lowest BCUT2D eigenvalue weighted by atomic mass is 10.0. The Labute approximate surface area is 133 Å². The van der Waals surface area contributed by atoms with Gasteiger partial charge in [-0.3, -0.25) is 4.79 Å². The fourth-order valence-electron chi connectivity index (χ4n) is 3.23. The van der Waals surface area contributed by atoms with Crippen LogP contribution in [-0.2, 0) is 11.2 Å². The molecule has 0 aromatic heterocycles. The van der Waals surface area contributed by atoms with Crippen molar-refractivity contribution in [1.29, 1.82) is 0 Å². The summed E-state index contributed by atoms with van der Waals surface area (Å²) in [6, 6.07) is 6.01. The molecule has 2 rings (SSSR count). The van der Waals surface area contributed by atoms with Crippen molar-refractivity contribution in [2.45, 2.75) is 46.1 Å². The lowest BCUT2D eigenvalue weighted by Gasteiger charge is -2.24. The summed E-state index contributed by atoms with van der Waals surface area (Å²) < 4.78 is 0. The summed E-state index contributed by atoms with van der Waals surface area (Å²) in [6.07, 6.45) is 2.62. The van der Waals surface area contributed by atoms with Crippen molar-refractivity contribution in [1.82, 2.24) is 4.90 Å². The van der Waals surface area contributed by atoms with E-state index in [4.69, 9.17) is 0 Å². The zero-order valence-corrected chi connectivity index (χ0v) is 14.0. The molecule has 1 amide bonds. The van der Waals surface area contributed by atoms with Gasteiger partial charge in [-0.15, -0.1) is 0 Å². The highest BCUT2D eigenvalue weighted by Gasteiger charge is 2.23. The van der Waals surface area contributed by atoms with E-state index in [2.05, 4.69) is 24.8 Å². The van der Waals surface area contributed by atoms with Crippen LogP contribution in [0.1, 0.15) is 50.8 Å². The third-order valence-electron chi connectivity index (χ3n) is 4.27. The molecule has 1 aromatic rings. The van der Waals surface area contributed by atoms with E-state index in [0.29, 0.717) is 6.54 Å². The lowest BCUT2D eigenvalue weighted by molar-refractivity contribution is -0.116. The van der Waals surface area contributed by atoms with Gasteiger partial charge in [-0.1, -0.05) is 26.0 Å². The highest BCUT2D eigenvalue weighted by Crippen LogP contribution is 2.30. The summed E-state index contributed by atoms with van der Waals surface area (Å²) in [5.41, 5.74) is 3.13.